The number of nitrogens with two attached hydrogens (primary N) is 2. The van der Waals surface area contributed by atoms with Crippen molar-refractivity contribution >= 4 is 11.8 Å². The van der Waals surface area contributed by atoms with E-state index in [9.17, 15) is 9.59 Å². The third-order valence-corrected chi connectivity index (χ3v) is 1.18. The summed E-state index contributed by atoms with van der Waals surface area (Å²) >= 11 is 0. The van der Waals surface area contributed by atoms with Crippen molar-refractivity contribution in [1.29, 1.82) is 0 Å². The Labute approximate surface area is 59.6 Å². The van der Waals surface area contributed by atoms with Crippen molar-refractivity contribution in [3.8, 4) is 0 Å². The van der Waals surface area contributed by atoms with Gasteiger partial charge in [-0.1, -0.05) is 13.3 Å². The number of hydrogen-bond acceptors (Lipinski definition) is 2. The predicted molar refractivity (Wildman–Crippen MR) is 36.5 cm³/mol. The van der Waals surface area contributed by atoms with E-state index in [0.717, 1.165) is 0 Å². The average Bonchev–Trinajstić information content (AvgIpc) is 1.81. The summed E-state index contributed by atoms with van der Waals surface area (Å²) in [6.07, 6.45) is 0.821. The summed E-state index contributed by atoms with van der Waals surface area (Å²) in [5.41, 5.74) is 9.71. The first-order valence-electron chi connectivity index (χ1n) is 2.97. The van der Waals surface area contributed by atoms with Crippen molar-refractivity contribution in [1.82, 2.24) is 0 Å². The Morgan fingerprint density at radius 2 is 1.70 bits per heavy atom. The molecule has 0 unspecified atom stereocenters. The minimum atomic E-state index is -0.850. The second kappa shape index (κ2) is 3.87. The highest BCUT2D eigenvalue weighted by Crippen LogP contribution is 2.03. The zero-order valence-corrected chi connectivity index (χ0v) is 5.67. The summed E-state index contributed by atoms with van der Waals surface area (Å²) < 4.78 is 0. The molecule has 0 aromatic rings. The average molecular weight is 143 g/mol. The monoisotopic (exact) mass is 143 g/mol. The number of primary amides is 2. The number of carbonyl (C=O) groups is 2. The van der Waals surface area contributed by atoms with Crippen LogP contribution in [0.25, 0.3) is 0 Å². The maximum Gasteiger partial charge on any atom is 0.229 e. The van der Waals surface area contributed by atoms with Gasteiger partial charge in [0.1, 0.15) is 5.92 Å². The molecular weight excluding hydrogens is 132 g/mol. The van der Waals surface area contributed by atoms with Crippen LogP contribution in [0.5, 0.6) is 0 Å². The fourth-order valence-corrected chi connectivity index (χ4v) is 0.629. The molecule has 0 aliphatic carbocycles. The third-order valence-electron chi connectivity index (χ3n) is 1.18. The van der Waals surface area contributed by atoms with Gasteiger partial charge in [-0.05, 0) is 6.42 Å². The molecule has 0 spiro atoms. The van der Waals surface area contributed by atoms with Crippen LogP contribution in [-0.4, -0.2) is 11.8 Å². The van der Waals surface area contributed by atoms with Gasteiger partial charge < -0.3 is 11.5 Å². The van der Waals surface area contributed by atoms with Crippen LogP contribution < -0.4 is 11.5 Å². The molecule has 4 nitrogen and oxygen atoms in total. The highest BCUT2D eigenvalue weighted by molar-refractivity contribution is 5.98. The second-order valence-electron chi connectivity index (χ2n) is 2.00. The van der Waals surface area contributed by atoms with Crippen molar-refractivity contribution in [2.24, 2.45) is 17.4 Å². The first kappa shape index (κ1) is 8.94. The molecule has 57 valence electrons. The highest BCUT2D eigenvalue weighted by Gasteiger charge is 2.19. The van der Waals surface area contributed by atoms with E-state index in [2.05, 4.69) is 6.92 Å². The number of hydrogen-bond donors (Lipinski definition) is 2. The third kappa shape index (κ3) is 2.48. The summed E-state index contributed by atoms with van der Waals surface area (Å²) in [6, 6.07) is 0. The Morgan fingerprint density at radius 1 is 1.30 bits per heavy atom. The van der Waals surface area contributed by atoms with Gasteiger partial charge in [-0.3, -0.25) is 9.59 Å². The Kier molecular flexibility index (Phi) is 3.46. The summed E-state index contributed by atoms with van der Waals surface area (Å²) in [4.78, 5) is 20.8. The molecule has 4 heteroatoms. The summed E-state index contributed by atoms with van der Waals surface area (Å²) in [7, 11) is 0. The van der Waals surface area contributed by atoms with E-state index in [1.54, 1.807) is 0 Å². The van der Waals surface area contributed by atoms with Crippen LogP contribution in [0.2, 0.25) is 0 Å². The normalized spacial score (nSPS) is 9.80. The van der Waals surface area contributed by atoms with Gasteiger partial charge in [0.25, 0.3) is 0 Å². The largest absolute Gasteiger partial charge is 0.369 e. The van der Waals surface area contributed by atoms with Crippen LogP contribution in [0.4, 0.5) is 0 Å². The van der Waals surface area contributed by atoms with E-state index in [-0.39, 0.29) is 0 Å². The zero-order chi connectivity index (χ0) is 8.15. The van der Waals surface area contributed by atoms with Crippen LogP contribution in [-0.2, 0) is 9.59 Å². The summed E-state index contributed by atoms with van der Waals surface area (Å²) in [5.74, 6) is -2.19. The number of amides is 2. The SMILES string of the molecule is [CH2]CCC(C(N)=O)C(N)=O. The zero-order valence-electron chi connectivity index (χ0n) is 5.67. The van der Waals surface area contributed by atoms with E-state index in [0.29, 0.717) is 12.8 Å². The molecule has 0 heterocycles. The van der Waals surface area contributed by atoms with Crippen molar-refractivity contribution in [3.05, 3.63) is 6.92 Å². The van der Waals surface area contributed by atoms with E-state index >= 15 is 0 Å². The smallest absolute Gasteiger partial charge is 0.229 e. The lowest BCUT2D eigenvalue weighted by atomic mass is 10.0. The molecule has 1 radical (unpaired) electrons. The van der Waals surface area contributed by atoms with Crippen molar-refractivity contribution in [2.45, 2.75) is 12.8 Å². The van der Waals surface area contributed by atoms with Gasteiger partial charge in [-0.15, -0.1) is 0 Å². The molecule has 10 heavy (non-hydrogen) atoms. The number of rotatable bonds is 4. The highest BCUT2D eigenvalue weighted by atomic mass is 16.2. The molecule has 0 rings (SSSR count). The fourth-order valence-electron chi connectivity index (χ4n) is 0.629. The quantitative estimate of drug-likeness (QED) is 0.504. The van der Waals surface area contributed by atoms with E-state index in [1.165, 1.54) is 0 Å². The van der Waals surface area contributed by atoms with Gasteiger partial charge in [-0.2, -0.15) is 0 Å². The van der Waals surface area contributed by atoms with Gasteiger partial charge in [-0.25, -0.2) is 0 Å². The van der Waals surface area contributed by atoms with E-state index < -0.39 is 17.7 Å². The molecule has 0 saturated carbocycles. The van der Waals surface area contributed by atoms with Crippen LogP contribution in [0, 0.1) is 12.8 Å². The lowest BCUT2D eigenvalue weighted by molar-refractivity contribution is -0.131. The van der Waals surface area contributed by atoms with Gasteiger partial charge in [0, 0.05) is 0 Å². The second-order valence-corrected chi connectivity index (χ2v) is 2.00. The number of carbonyl (C=O) groups excluding carboxylic acids is 2. The van der Waals surface area contributed by atoms with Gasteiger partial charge in [0.2, 0.25) is 11.8 Å². The molecule has 0 saturated heterocycles. The minimum absolute atomic E-state index is 0.338. The summed E-state index contributed by atoms with van der Waals surface area (Å²) in [6.45, 7) is 3.47. The van der Waals surface area contributed by atoms with E-state index in [4.69, 9.17) is 11.5 Å². The molecule has 0 aliphatic heterocycles. The fraction of sp³-hybridized carbons (Fsp3) is 0.500. The molecule has 0 aromatic carbocycles. The van der Waals surface area contributed by atoms with Gasteiger partial charge in [0.05, 0.1) is 0 Å². The Balaban J connectivity index is 3.98. The van der Waals surface area contributed by atoms with Crippen molar-refractivity contribution in [3.63, 3.8) is 0 Å². The summed E-state index contributed by atoms with van der Waals surface area (Å²) in [5, 5.41) is 0. The predicted octanol–water partition coefficient (Wildman–Crippen LogP) is -0.813. The van der Waals surface area contributed by atoms with Crippen LogP contribution in [0.1, 0.15) is 12.8 Å². The Bertz CT molecular complexity index is 131. The molecule has 4 N–H and O–H groups in total. The first-order chi connectivity index (χ1) is 4.59. The molecule has 2 amide bonds. The maximum atomic E-state index is 10.4. The van der Waals surface area contributed by atoms with Crippen LogP contribution in [0.15, 0.2) is 0 Å². The van der Waals surface area contributed by atoms with Crippen LogP contribution in [0.3, 0.4) is 0 Å². The lowest BCUT2D eigenvalue weighted by Gasteiger charge is -2.05. The lowest BCUT2D eigenvalue weighted by Crippen LogP contribution is -2.34. The van der Waals surface area contributed by atoms with Gasteiger partial charge >= 0.3 is 0 Å². The van der Waals surface area contributed by atoms with E-state index in [1.807, 2.05) is 0 Å². The minimum Gasteiger partial charge on any atom is -0.369 e. The Morgan fingerprint density at radius 3 is 1.80 bits per heavy atom. The first-order valence-corrected chi connectivity index (χ1v) is 2.97. The van der Waals surface area contributed by atoms with Crippen molar-refractivity contribution in [2.75, 3.05) is 0 Å². The molecule has 0 fully saturated rings. The maximum absolute atomic E-state index is 10.4. The molecule has 0 bridgehead atoms. The standard InChI is InChI=1S/C6H11N2O2/c1-2-3-4(5(7)9)6(8)10/h4H,1-3H2,(H2,7,9)(H2,8,10). The van der Waals surface area contributed by atoms with Gasteiger partial charge in [0.15, 0.2) is 0 Å². The Hall–Kier alpha value is -1.06. The molecule has 0 aromatic heterocycles. The molecule has 0 aliphatic rings. The molecule has 0 atom stereocenters. The van der Waals surface area contributed by atoms with Crippen LogP contribution >= 0.6 is 0 Å². The van der Waals surface area contributed by atoms with Crippen molar-refractivity contribution < 1.29 is 9.59 Å². The topological polar surface area (TPSA) is 86.2 Å². The molecular formula is C6H11N2O2.